The van der Waals surface area contributed by atoms with E-state index in [0.29, 0.717) is 6.47 Å². The summed E-state index contributed by atoms with van der Waals surface area (Å²) in [7, 11) is 0. The third kappa shape index (κ3) is 5.16. The molecule has 0 saturated heterocycles. The van der Waals surface area contributed by atoms with Gasteiger partial charge in [0.15, 0.2) is 0 Å². The largest absolute Gasteiger partial charge is 0.465 e. The molecule has 1 aliphatic rings. The van der Waals surface area contributed by atoms with Gasteiger partial charge in [-0.05, 0) is 62.2 Å². The third-order valence-electron chi connectivity index (χ3n) is 5.00. The van der Waals surface area contributed by atoms with Crippen molar-refractivity contribution in [1.29, 1.82) is 0 Å². The molecule has 0 unspecified atom stereocenters. The lowest BCUT2D eigenvalue weighted by Gasteiger charge is -2.29. The smallest absolute Gasteiger partial charge is 0.293 e. The molecule has 2 heteroatoms. The highest BCUT2D eigenvalue weighted by atomic mass is 16.5. The Morgan fingerprint density at radius 2 is 1.89 bits per heavy atom. The van der Waals surface area contributed by atoms with Crippen LogP contribution in [0.2, 0.25) is 0 Å². The molecule has 1 fully saturated rings. The highest BCUT2D eigenvalue weighted by Gasteiger charge is 2.36. The van der Waals surface area contributed by atoms with Gasteiger partial charge in [0.05, 0.1) is 6.10 Å². The van der Waals surface area contributed by atoms with Crippen LogP contribution in [0.3, 0.4) is 0 Å². The highest BCUT2D eigenvalue weighted by Crippen LogP contribution is 2.45. The summed E-state index contributed by atoms with van der Waals surface area (Å²) in [6, 6.07) is 0. The quantitative estimate of drug-likeness (QED) is 0.598. The van der Waals surface area contributed by atoms with Crippen molar-refractivity contribution >= 4 is 6.47 Å². The summed E-state index contributed by atoms with van der Waals surface area (Å²) < 4.78 is 5.02. The molecule has 0 aliphatic heterocycles. The lowest BCUT2D eigenvalue weighted by Crippen LogP contribution is -2.22. The summed E-state index contributed by atoms with van der Waals surface area (Å²) in [5, 5.41) is 0. The molecule has 0 radical (unpaired) electrons. The monoisotopic (exact) mass is 268 g/mol. The van der Waals surface area contributed by atoms with Crippen LogP contribution in [-0.2, 0) is 9.53 Å². The second-order valence-electron chi connectivity index (χ2n) is 7.11. The van der Waals surface area contributed by atoms with Gasteiger partial charge in [-0.2, -0.15) is 0 Å². The number of carbonyl (C=O) groups excluding carboxylic acids is 1. The second kappa shape index (κ2) is 7.91. The molecule has 0 bridgehead atoms. The first kappa shape index (κ1) is 16.5. The van der Waals surface area contributed by atoms with Gasteiger partial charge in [-0.25, -0.2) is 0 Å². The van der Waals surface area contributed by atoms with E-state index in [0.717, 1.165) is 36.0 Å². The minimum absolute atomic E-state index is 0.0753. The molecule has 2 nitrogen and oxygen atoms in total. The molecule has 0 aromatic rings. The van der Waals surface area contributed by atoms with Crippen molar-refractivity contribution < 1.29 is 9.53 Å². The molecule has 0 heterocycles. The lowest BCUT2D eigenvalue weighted by atomic mass is 9.76. The highest BCUT2D eigenvalue weighted by molar-refractivity contribution is 5.37. The summed E-state index contributed by atoms with van der Waals surface area (Å²) in [6.45, 7) is 12.1. The van der Waals surface area contributed by atoms with Crippen molar-refractivity contribution in [2.75, 3.05) is 0 Å². The second-order valence-corrected chi connectivity index (χ2v) is 7.11. The normalized spacial score (nSPS) is 30.3. The summed E-state index contributed by atoms with van der Waals surface area (Å²) >= 11 is 0. The summed E-state index contributed by atoms with van der Waals surface area (Å²) in [4.78, 5) is 10.3. The van der Waals surface area contributed by atoms with Crippen LogP contribution in [0.1, 0.15) is 66.7 Å². The van der Waals surface area contributed by atoms with E-state index >= 15 is 0 Å². The molecule has 1 saturated carbocycles. The van der Waals surface area contributed by atoms with Crippen LogP contribution in [0.5, 0.6) is 0 Å². The Labute approximate surface area is 119 Å². The Morgan fingerprint density at radius 3 is 2.47 bits per heavy atom. The Kier molecular flexibility index (Phi) is 6.88. The van der Waals surface area contributed by atoms with Crippen molar-refractivity contribution in [1.82, 2.24) is 0 Å². The van der Waals surface area contributed by atoms with Crippen LogP contribution < -0.4 is 0 Å². The molecule has 0 amide bonds. The Hall–Kier alpha value is -0.530. The van der Waals surface area contributed by atoms with E-state index in [-0.39, 0.29) is 6.10 Å². The number of hydrogen-bond donors (Lipinski definition) is 0. The van der Waals surface area contributed by atoms with Crippen LogP contribution in [-0.4, -0.2) is 12.6 Å². The minimum atomic E-state index is 0.0753. The zero-order valence-corrected chi connectivity index (χ0v) is 13.4. The molecule has 1 aliphatic carbocycles. The first-order valence-electron chi connectivity index (χ1n) is 8.04. The molecule has 0 spiro atoms. The van der Waals surface area contributed by atoms with E-state index in [4.69, 9.17) is 4.74 Å². The van der Waals surface area contributed by atoms with Crippen LogP contribution >= 0.6 is 0 Å². The molecule has 5 atom stereocenters. The van der Waals surface area contributed by atoms with Crippen molar-refractivity contribution in [3.63, 3.8) is 0 Å². The number of hydrogen-bond acceptors (Lipinski definition) is 2. The van der Waals surface area contributed by atoms with Gasteiger partial charge in [-0.15, -0.1) is 0 Å². The summed E-state index contributed by atoms with van der Waals surface area (Å²) in [6.07, 6.45) is 6.41. The Balaban J connectivity index is 2.49. The van der Waals surface area contributed by atoms with Crippen LogP contribution in [0.25, 0.3) is 0 Å². The van der Waals surface area contributed by atoms with E-state index in [1.807, 2.05) is 6.92 Å². The van der Waals surface area contributed by atoms with Gasteiger partial charge in [0.2, 0.25) is 0 Å². The number of carbonyl (C=O) groups is 1. The maximum Gasteiger partial charge on any atom is 0.293 e. The van der Waals surface area contributed by atoms with Gasteiger partial charge < -0.3 is 4.74 Å². The fourth-order valence-corrected chi connectivity index (χ4v) is 4.02. The number of rotatable bonds is 8. The fourth-order valence-electron chi connectivity index (χ4n) is 4.02. The van der Waals surface area contributed by atoms with E-state index < -0.39 is 0 Å². The molecule has 1 rings (SSSR count). The molecule has 0 N–H and O–H groups in total. The summed E-state index contributed by atoms with van der Waals surface area (Å²) in [5.74, 6) is 4.16. The molecule has 112 valence electrons. The molecular formula is C17H32O2. The predicted octanol–water partition coefficient (Wildman–Crippen LogP) is 4.67. The summed E-state index contributed by atoms with van der Waals surface area (Å²) in [5.41, 5.74) is 0. The van der Waals surface area contributed by atoms with Gasteiger partial charge in [0.25, 0.3) is 6.47 Å². The minimum Gasteiger partial charge on any atom is -0.465 e. The maximum absolute atomic E-state index is 10.3. The van der Waals surface area contributed by atoms with Gasteiger partial charge >= 0.3 is 0 Å². The molecule has 0 aromatic carbocycles. The zero-order valence-electron chi connectivity index (χ0n) is 13.4. The Morgan fingerprint density at radius 1 is 1.21 bits per heavy atom. The van der Waals surface area contributed by atoms with Crippen molar-refractivity contribution in [3.05, 3.63) is 0 Å². The van der Waals surface area contributed by atoms with Crippen LogP contribution in [0.4, 0.5) is 0 Å². The average molecular weight is 268 g/mol. The Bertz CT molecular complexity index is 262. The molecular weight excluding hydrogens is 236 g/mol. The van der Waals surface area contributed by atoms with Crippen LogP contribution in [0.15, 0.2) is 0 Å². The standard InChI is InChI=1S/C17H32O2/c1-12(2)10-14(4)17-8-6-13(3)16(17)9-7-15(5)19-11-18/h11-17H,6-10H2,1-5H3/t13-,14+,15-,16-,17-/m1/s1. The van der Waals surface area contributed by atoms with Gasteiger partial charge in [0, 0.05) is 0 Å². The van der Waals surface area contributed by atoms with Crippen molar-refractivity contribution in [2.24, 2.45) is 29.6 Å². The van der Waals surface area contributed by atoms with E-state index in [2.05, 4.69) is 27.7 Å². The predicted molar refractivity (Wildman–Crippen MR) is 79.8 cm³/mol. The number of ether oxygens (including phenoxy) is 1. The fraction of sp³-hybridized carbons (Fsp3) is 0.941. The topological polar surface area (TPSA) is 26.3 Å². The van der Waals surface area contributed by atoms with Crippen molar-refractivity contribution in [2.45, 2.75) is 72.8 Å². The van der Waals surface area contributed by atoms with E-state index in [1.165, 1.54) is 25.7 Å². The van der Waals surface area contributed by atoms with Crippen LogP contribution in [0, 0.1) is 29.6 Å². The first-order chi connectivity index (χ1) is 8.95. The van der Waals surface area contributed by atoms with Crippen molar-refractivity contribution in [3.8, 4) is 0 Å². The zero-order chi connectivity index (χ0) is 14.4. The van der Waals surface area contributed by atoms with Gasteiger partial charge in [-0.3, -0.25) is 4.79 Å². The molecule has 0 aromatic heterocycles. The van der Waals surface area contributed by atoms with E-state index in [1.54, 1.807) is 0 Å². The van der Waals surface area contributed by atoms with E-state index in [9.17, 15) is 4.79 Å². The maximum atomic E-state index is 10.3. The third-order valence-corrected chi connectivity index (χ3v) is 5.00. The van der Waals surface area contributed by atoms with Gasteiger partial charge in [-0.1, -0.05) is 34.1 Å². The molecule has 19 heavy (non-hydrogen) atoms. The average Bonchev–Trinajstić information content (AvgIpc) is 2.67. The lowest BCUT2D eigenvalue weighted by molar-refractivity contribution is -0.133. The van der Waals surface area contributed by atoms with Gasteiger partial charge in [0.1, 0.15) is 0 Å². The SMILES string of the molecule is CC(C)C[C@H](C)[C@H]1CC[C@@H](C)[C@H]1CC[C@@H](C)OC=O. The first-order valence-corrected chi connectivity index (χ1v) is 8.04.